The molecule has 1 atom stereocenters. The van der Waals surface area contributed by atoms with Crippen LogP contribution in [0.15, 0.2) is 0 Å². The number of aliphatic hydroxyl groups excluding tert-OH is 1. The summed E-state index contributed by atoms with van der Waals surface area (Å²) in [5.74, 6) is 0. The molecule has 0 aliphatic heterocycles. The number of nitrogens with zero attached hydrogens (tertiary/aromatic N) is 1. The molecule has 0 aromatic heterocycles. The van der Waals surface area contributed by atoms with Crippen LogP contribution in [-0.4, -0.2) is 42.3 Å². The predicted octanol–water partition coefficient (Wildman–Crippen LogP) is 1.83. The molecule has 0 saturated carbocycles. The molecule has 0 saturated heterocycles. The van der Waals surface area contributed by atoms with Crippen molar-refractivity contribution in [2.24, 2.45) is 5.41 Å². The van der Waals surface area contributed by atoms with Crippen molar-refractivity contribution >= 4 is 6.03 Å². The molecule has 2 amide bonds. The first kappa shape index (κ1) is 15.2. The third-order valence-corrected chi connectivity index (χ3v) is 2.38. The number of aliphatic hydroxyl groups is 1. The van der Waals surface area contributed by atoms with Crippen molar-refractivity contribution in [1.29, 1.82) is 0 Å². The van der Waals surface area contributed by atoms with Crippen LogP contribution in [0.1, 0.15) is 40.5 Å². The fourth-order valence-electron chi connectivity index (χ4n) is 1.16. The molecule has 4 nitrogen and oxygen atoms in total. The second kappa shape index (κ2) is 6.74. The Morgan fingerprint density at radius 3 is 2.44 bits per heavy atom. The van der Waals surface area contributed by atoms with Gasteiger partial charge in [0, 0.05) is 20.1 Å². The molecule has 2 N–H and O–H groups in total. The van der Waals surface area contributed by atoms with Crippen LogP contribution in [0.4, 0.5) is 4.79 Å². The van der Waals surface area contributed by atoms with Gasteiger partial charge in [0.25, 0.3) is 0 Å². The Morgan fingerprint density at radius 2 is 2.00 bits per heavy atom. The lowest BCUT2D eigenvalue weighted by molar-refractivity contribution is 0.163. The number of rotatable bonds is 5. The van der Waals surface area contributed by atoms with E-state index in [2.05, 4.69) is 26.1 Å². The summed E-state index contributed by atoms with van der Waals surface area (Å²) in [5, 5.41) is 12.0. The summed E-state index contributed by atoms with van der Waals surface area (Å²) in [6.45, 7) is 9.45. The monoisotopic (exact) mass is 230 g/mol. The van der Waals surface area contributed by atoms with Crippen molar-refractivity contribution in [2.75, 3.05) is 20.1 Å². The second-order valence-electron chi connectivity index (χ2n) is 5.60. The summed E-state index contributed by atoms with van der Waals surface area (Å²) < 4.78 is 0. The highest BCUT2D eigenvalue weighted by Gasteiger charge is 2.12. The van der Waals surface area contributed by atoms with Crippen LogP contribution in [0.25, 0.3) is 0 Å². The summed E-state index contributed by atoms with van der Waals surface area (Å²) >= 11 is 0. The minimum Gasteiger partial charge on any atom is -0.393 e. The lowest BCUT2D eigenvalue weighted by atomic mass is 9.92. The molecule has 0 bridgehead atoms. The Hall–Kier alpha value is -0.770. The van der Waals surface area contributed by atoms with Gasteiger partial charge in [0.05, 0.1) is 6.10 Å². The lowest BCUT2D eigenvalue weighted by Crippen LogP contribution is -2.39. The minimum absolute atomic E-state index is 0.0649. The van der Waals surface area contributed by atoms with Gasteiger partial charge in [-0.25, -0.2) is 4.79 Å². The van der Waals surface area contributed by atoms with Crippen molar-refractivity contribution in [3.8, 4) is 0 Å². The zero-order valence-electron chi connectivity index (χ0n) is 11.2. The van der Waals surface area contributed by atoms with Crippen molar-refractivity contribution in [1.82, 2.24) is 10.2 Å². The number of amides is 2. The normalized spacial score (nSPS) is 13.4. The third-order valence-electron chi connectivity index (χ3n) is 2.38. The Balaban J connectivity index is 3.71. The standard InChI is InChI=1S/C12H26N2O2/c1-10(15)6-9-14(5)11(16)13-8-7-12(2,3)4/h10,15H,6-9H2,1-5H3,(H,13,16). The van der Waals surface area contributed by atoms with Gasteiger partial charge in [-0.3, -0.25) is 0 Å². The maximum atomic E-state index is 11.6. The molecule has 0 radical (unpaired) electrons. The van der Waals surface area contributed by atoms with Gasteiger partial charge >= 0.3 is 6.03 Å². The molecule has 16 heavy (non-hydrogen) atoms. The number of urea groups is 1. The van der Waals surface area contributed by atoms with Crippen LogP contribution in [0.3, 0.4) is 0 Å². The van der Waals surface area contributed by atoms with Gasteiger partial charge in [-0.2, -0.15) is 0 Å². The highest BCUT2D eigenvalue weighted by atomic mass is 16.3. The van der Waals surface area contributed by atoms with E-state index in [0.29, 0.717) is 19.5 Å². The maximum absolute atomic E-state index is 11.6. The molecule has 0 aliphatic carbocycles. The van der Waals surface area contributed by atoms with Crippen LogP contribution in [0, 0.1) is 5.41 Å². The summed E-state index contributed by atoms with van der Waals surface area (Å²) in [6, 6.07) is -0.0649. The molecule has 0 rings (SSSR count). The fraction of sp³-hybridized carbons (Fsp3) is 0.917. The molecule has 0 aromatic carbocycles. The van der Waals surface area contributed by atoms with Gasteiger partial charge in [0.2, 0.25) is 0 Å². The Morgan fingerprint density at radius 1 is 1.44 bits per heavy atom. The number of nitrogens with one attached hydrogen (secondary N) is 1. The van der Waals surface area contributed by atoms with Crippen molar-refractivity contribution < 1.29 is 9.90 Å². The number of hydrogen-bond acceptors (Lipinski definition) is 2. The summed E-state index contributed by atoms with van der Waals surface area (Å²) in [5.41, 5.74) is 0.242. The van der Waals surface area contributed by atoms with Crippen LogP contribution in [-0.2, 0) is 0 Å². The van der Waals surface area contributed by atoms with E-state index >= 15 is 0 Å². The van der Waals surface area contributed by atoms with E-state index in [9.17, 15) is 4.79 Å². The smallest absolute Gasteiger partial charge is 0.317 e. The van der Waals surface area contributed by atoms with Gasteiger partial charge in [-0.1, -0.05) is 20.8 Å². The highest BCUT2D eigenvalue weighted by molar-refractivity contribution is 5.73. The molecule has 0 fully saturated rings. The summed E-state index contributed by atoms with van der Waals surface area (Å²) in [6.07, 6.45) is 1.22. The number of carbonyl (C=O) groups is 1. The molecular weight excluding hydrogens is 204 g/mol. The largest absolute Gasteiger partial charge is 0.393 e. The lowest BCUT2D eigenvalue weighted by Gasteiger charge is -2.21. The summed E-state index contributed by atoms with van der Waals surface area (Å²) in [4.78, 5) is 13.2. The molecule has 0 heterocycles. The molecule has 96 valence electrons. The minimum atomic E-state index is -0.357. The first-order chi connectivity index (χ1) is 7.22. The Labute approximate surface area is 99.0 Å². The molecule has 0 spiro atoms. The van der Waals surface area contributed by atoms with Gasteiger partial charge in [-0.15, -0.1) is 0 Å². The van der Waals surface area contributed by atoms with Crippen molar-refractivity contribution in [3.63, 3.8) is 0 Å². The van der Waals surface area contributed by atoms with Crippen LogP contribution < -0.4 is 5.32 Å². The average Bonchev–Trinajstić information content (AvgIpc) is 2.11. The SMILES string of the molecule is CC(O)CCN(C)C(=O)NCCC(C)(C)C. The Bertz CT molecular complexity index is 210. The third kappa shape index (κ3) is 8.53. The van der Waals surface area contributed by atoms with E-state index in [-0.39, 0.29) is 17.6 Å². The fourth-order valence-corrected chi connectivity index (χ4v) is 1.16. The van der Waals surface area contributed by atoms with Gasteiger partial charge in [0.1, 0.15) is 0 Å². The van der Waals surface area contributed by atoms with Crippen LogP contribution in [0.2, 0.25) is 0 Å². The van der Waals surface area contributed by atoms with Crippen LogP contribution in [0.5, 0.6) is 0 Å². The van der Waals surface area contributed by atoms with Gasteiger partial charge in [0.15, 0.2) is 0 Å². The van der Waals surface area contributed by atoms with E-state index in [0.717, 1.165) is 6.42 Å². The number of carbonyl (C=O) groups excluding carboxylic acids is 1. The Kier molecular flexibility index (Phi) is 6.41. The average molecular weight is 230 g/mol. The van der Waals surface area contributed by atoms with Crippen LogP contribution >= 0.6 is 0 Å². The first-order valence-corrected chi connectivity index (χ1v) is 5.89. The summed E-state index contributed by atoms with van der Waals surface area (Å²) in [7, 11) is 1.74. The van der Waals surface area contributed by atoms with Crippen molar-refractivity contribution in [2.45, 2.75) is 46.6 Å². The van der Waals surface area contributed by atoms with E-state index in [1.54, 1.807) is 18.9 Å². The molecule has 0 aliphatic rings. The van der Waals surface area contributed by atoms with Gasteiger partial charge in [-0.05, 0) is 25.2 Å². The zero-order chi connectivity index (χ0) is 12.8. The molecule has 4 heteroatoms. The predicted molar refractivity (Wildman–Crippen MR) is 66.4 cm³/mol. The van der Waals surface area contributed by atoms with E-state index in [4.69, 9.17) is 5.11 Å². The zero-order valence-corrected chi connectivity index (χ0v) is 11.2. The first-order valence-electron chi connectivity index (χ1n) is 5.89. The quantitative estimate of drug-likeness (QED) is 0.757. The molecule has 0 aromatic rings. The van der Waals surface area contributed by atoms with E-state index in [1.165, 1.54) is 0 Å². The molecule has 1 unspecified atom stereocenters. The van der Waals surface area contributed by atoms with Gasteiger partial charge < -0.3 is 15.3 Å². The van der Waals surface area contributed by atoms with Crippen molar-refractivity contribution in [3.05, 3.63) is 0 Å². The van der Waals surface area contributed by atoms with E-state index in [1.807, 2.05) is 0 Å². The second-order valence-corrected chi connectivity index (χ2v) is 5.60. The topological polar surface area (TPSA) is 52.6 Å². The number of hydrogen-bond donors (Lipinski definition) is 2. The van der Waals surface area contributed by atoms with E-state index < -0.39 is 0 Å². The maximum Gasteiger partial charge on any atom is 0.317 e. The highest BCUT2D eigenvalue weighted by Crippen LogP contribution is 2.16. The molecular formula is C12H26N2O2.